The number of nitrogens with one attached hydrogen (secondary N) is 1. The van der Waals surface area contributed by atoms with Crippen LogP contribution >= 0.6 is 0 Å². The van der Waals surface area contributed by atoms with Gasteiger partial charge in [0.2, 0.25) is 5.91 Å². The Morgan fingerprint density at radius 3 is 2.23 bits per heavy atom. The highest BCUT2D eigenvalue weighted by Crippen LogP contribution is 2.55. The van der Waals surface area contributed by atoms with Crippen LogP contribution in [0.3, 0.4) is 0 Å². The van der Waals surface area contributed by atoms with Gasteiger partial charge in [0.25, 0.3) is 5.92 Å². The van der Waals surface area contributed by atoms with E-state index in [0.29, 0.717) is 0 Å². The summed E-state index contributed by atoms with van der Waals surface area (Å²) in [5.74, 6) is -8.95. The molecule has 2 aliphatic carbocycles. The molecular weight excluding hydrogens is 462 g/mol. The number of carboxylic acid groups (broad SMARTS) is 1. The number of aliphatic carboxylic acids is 1. The quantitative estimate of drug-likeness (QED) is 0.533. The number of carboxylic acids is 1. The summed E-state index contributed by atoms with van der Waals surface area (Å²) in [4.78, 5) is 36.7. The van der Waals surface area contributed by atoms with Crippen LogP contribution in [0.2, 0.25) is 0 Å². The lowest BCUT2D eigenvalue weighted by molar-refractivity contribution is -0.146. The van der Waals surface area contributed by atoms with Crippen molar-refractivity contribution in [1.82, 2.24) is 10.2 Å². The molecule has 0 aliphatic heterocycles. The summed E-state index contributed by atoms with van der Waals surface area (Å²) in [5.41, 5.74) is 4.18. The molecule has 0 unspecified atom stereocenters. The number of amides is 2. The fourth-order valence-electron chi connectivity index (χ4n) is 4.65. The summed E-state index contributed by atoms with van der Waals surface area (Å²) in [6, 6.07) is 15.6. The molecule has 2 N–H and O–H groups in total. The average molecular weight is 488 g/mol. The minimum atomic E-state index is -3.35. The maximum Gasteiger partial charge on any atom is 0.407 e. The average Bonchev–Trinajstić information content (AvgIpc) is 3.24. The van der Waals surface area contributed by atoms with Crippen molar-refractivity contribution in [2.75, 3.05) is 40.0 Å². The fraction of sp³-hybridized carbons (Fsp3) is 0.400. The summed E-state index contributed by atoms with van der Waals surface area (Å²) in [6.07, 6.45) is -0.859. The van der Waals surface area contributed by atoms with Gasteiger partial charge in [0.05, 0.1) is 12.5 Å². The first-order chi connectivity index (χ1) is 16.8. The van der Waals surface area contributed by atoms with E-state index in [1.165, 1.54) is 7.11 Å². The van der Waals surface area contributed by atoms with E-state index < -0.39 is 48.8 Å². The normalized spacial score (nSPS) is 19.4. The molecule has 8 nitrogen and oxygen atoms in total. The van der Waals surface area contributed by atoms with Gasteiger partial charge in [-0.1, -0.05) is 48.5 Å². The molecule has 0 heterocycles. The molecule has 2 amide bonds. The maximum atomic E-state index is 14.3. The van der Waals surface area contributed by atoms with Crippen molar-refractivity contribution in [3.63, 3.8) is 0 Å². The Morgan fingerprint density at radius 1 is 1.06 bits per heavy atom. The van der Waals surface area contributed by atoms with Crippen molar-refractivity contribution in [2.45, 2.75) is 11.8 Å². The monoisotopic (exact) mass is 488 g/mol. The zero-order chi connectivity index (χ0) is 25.2. The van der Waals surface area contributed by atoms with Crippen molar-refractivity contribution in [1.29, 1.82) is 0 Å². The number of alkyl carbamates (subject to hydrolysis) is 1. The van der Waals surface area contributed by atoms with Crippen molar-refractivity contribution in [3.05, 3.63) is 59.7 Å². The lowest BCUT2D eigenvalue weighted by atomic mass is 9.98. The number of carbonyl (C=O) groups excluding carboxylic acids is 2. The molecule has 2 aliphatic rings. The van der Waals surface area contributed by atoms with Crippen LogP contribution in [0.25, 0.3) is 11.1 Å². The van der Waals surface area contributed by atoms with Crippen LogP contribution in [0.15, 0.2) is 48.5 Å². The molecule has 0 bridgehead atoms. The maximum absolute atomic E-state index is 14.3. The molecule has 1 fully saturated rings. The summed E-state index contributed by atoms with van der Waals surface area (Å²) >= 11 is 0. The molecule has 2 atom stereocenters. The van der Waals surface area contributed by atoms with Gasteiger partial charge in [-0.25, -0.2) is 13.6 Å². The third-order valence-electron chi connectivity index (χ3n) is 6.48. The second-order valence-electron chi connectivity index (χ2n) is 8.61. The van der Waals surface area contributed by atoms with Gasteiger partial charge in [0, 0.05) is 26.1 Å². The van der Waals surface area contributed by atoms with Crippen LogP contribution in [0.1, 0.15) is 17.0 Å². The number of benzene rings is 2. The van der Waals surface area contributed by atoms with Gasteiger partial charge in [0.1, 0.15) is 19.1 Å². The van der Waals surface area contributed by atoms with E-state index in [2.05, 4.69) is 5.32 Å². The van der Waals surface area contributed by atoms with Gasteiger partial charge < -0.3 is 24.8 Å². The highest BCUT2D eigenvalue weighted by Gasteiger charge is 2.72. The number of methoxy groups -OCH3 is 1. The highest BCUT2D eigenvalue weighted by molar-refractivity contribution is 5.87. The number of hydrogen-bond donors (Lipinski definition) is 2. The molecule has 2 aromatic rings. The molecule has 35 heavy (non-hydrogen) atoms. The lowest BCUT2D eigenvalue weighted by Gasteiger charge is -2.20. The second kappa shape index (κ2) is 9.99. The molecule has 4 rings (SSSR count). The van der Waals surface area contributed by atoms with E-state index in [1.807, 2.05) is 48.5 Å². The second-order valence-corrected chi connectivity index (χ2v) is 8.61. The largest absolute Gasteiger partial charge is 0.480 e. The third-order valence-corrected chi connectivity index (χ3v) is 6.48. The summed E-state index contributed by atoms with van der Waals surface area (Å²) in [5, 5.41) is 11.3. The zero-order valence-electron chi connectivity index (χ0n) is 19.1. The number of carbonyl (C=O) groups is 3. The minimum absolute atomic E-state index is 0.0139. The third kappa shape index (κ3) is 4.97. The Hall–Kier alpha value is -3.53. The van der Waals surface area contributed by atoms with Crippen molar-refractivity contribution < 1.29 is 37.7 Å². The van der Waals surface area contributed by atoms with Crippen LogP contribution in [0, 0.1) is 11.8 Å². The topological polar surface area (TPSA) is 105 Å². The van der Waals surface area contributed by atoms with Crippen molar-refractivity contribution >= 4 is 18.0 Å². The molecule has 0 aromatic heterocycles. The number of ether oxygens (including phenoxy) is 2. The van der Waals surface area contributed by atoms with Crippen LogP contribution in [0.5, 0.6) is 0 Å². The number of fused-ring (bicyclic) bond motifs is 3. The van der Waals surface area contributed by atoms with E-state index in [1.54, 1.807) is 0 Å². The van der Waals surface area contributed by atoms with E-state index in [4.69, 9.17) is 14.6 Å². The molecule has 10 heteroatoms. The molecular formula is C25H26F2N2O6. The molecule has 2 aromatic carbocycles. The Bertz CT molecular complexity index is 1080. The number of alkyl halides is 2. The smallest absolute Gasteiger partial charge is 0.407 e. The Morgan fingerprint density at radius 2 is 1.66 bits per heavy atom. The predicted octanol–water partition coefficient (Wildman–Crippen LogP) is 2.97. The number of hydrogen-bond acceptors (Lipinski definition) is 5. The summed E-state index contributed by atoms with van der Waals surface area (Å²) in [6.45, 7) is -1.25. The number of rotatable bonds is 10. The van der Waals surface area contributed by atoms with Gasteiger partial charge in [-0.3, -0.25) is 9.59 Å². The van der Waals surface area contributed by atoms with E-state index in [-0.39, 0.29) is 25.7 Å². The van der Waals surface area contributed by atoms with Crippen LogP contribution < -0.4 is 5.32 Å². The van der Waals surface area contributed by atoms with Crippen LogP contribution in [0.4, 0.5) is 13.6 Å². The van der Waals surface area contributed by atoms with Crippen molar-refractivity contribution in [3.8, 4) is 11.1 Å². The predicted molar refractivity (Wildman–Crippen MR) is 121 cm³/mol. The van der Waals surface area contributed by atoms with E-state index >= 15 is 0 Å². The minimum Gasteiger partial charge on any atom is -0.480 e. The molecule has 0 spiro atoms. The first-order valence-electron chi connectivity index (χ1n) is 11.2. The van der Waals surface area contributed by atoms with Gasteiger partial charge >= 0.3 is 12.1 Å². The Balaban J connectivity index is 1.33. The van der Waals surface area contributed by atoms with Crippen LogP contribution in [-0.4, -0.2) is 73.9 Å². The van der Waals surface area contributed by atoms with Gasteiger partial charge in [0.15, 0.2) is 0 Å². The van der Waals surface area contributed by atoms with E-state index in [0.717, 1.165) is 27.2 Å². The molecule has 1 saturated carbocycles. The highest BCUT2D eigenvalue weighted by atomic mass is 19.3. The first-order valence-corrected chi connectivity index (χ1v) is 11.2. The Labute approximate surface area is 200 Å². The summed E-state index contributed by atoms with van der Waals surface area (Å²) in [7, 11) is 1.36. The Kier molecular flexibility index (Phi) is 7.02. The number of nitrogens with zero attached hydrogens (tertiary/aromatic N) is 1. The van der Waals surface area contributed by atoms with E-state index in [9.17, 15) is 23.2 Å². The van der Waals surface area contributed by atoms with Crippen molar-refractivity contribution in [2.24, 2.45) is 11.8 Å². The lowest BCUT2D eigenvalue weighted by Crippen LogP contribution is -2.40. The number of halogens is 2. The van der Waals surface area contributed by atoms with Gasteiger partial charge in [-0.05, 0) is 22.3 Å². The van der Waals surface area contributed by atoms with Gasteiger partial charge in [-0.15, -0.1) is 0 Å². The molecule has 0 saturated heterocycles. The molecule has 0 radical (unpaired) electrons. The zero-order valence-corrected chi connectivity index (χ0v) is 19.1. The standard InChI is InChI=1S/C25H26F2N2O6/c1-34-11-10-29(13-21(30)31)23(32)22-20(25(22,26)27)12-28-24(33)35-14-19-17-8-4-2-6-15(17)16-7-3-5-9-18(16)19/h2-9,19-20,22H,10-14H2,1H3,(H,28,33)(H,30,31)/t20-,22-/m0/s1. The van der Waals surface area contributed by atoms with Gasteiger partial charge in [-0.2, -0.15) is 0 Å². The summed E-state index contributed by atoms with van der Waals surface area (Å²) < 4.78 is 38.8. The SMILES string of the molecule is COCCN(CC(=O)O)C(=O)[C@@H]1[C@H](CNC(=O)OCC2c3ccccc3-c3ccccc32)C1(F)F. The fourth-order valence-corrected chi connectivity index (χ4v) is 4.65. The molecule has 186 valence electrons. The first kappa shape index (κ1) is 24.6. The van der Waals surface area contributed by atoms with Crippen LogP contribution in [-0.2, 0) is 19.1 Å².